The van der Waals surface area contributed by atoms with Crippen LogP contribution in [0.3, 0.4) is 0 Å². The molecule has 9 heteroatoms. The van der Waals surface area contributed by atoms with Crippen LogP contribution in [0, 0.1) is 0 Å². The Morgan fingerprint density at radius 2 is 1.81 bits per heavy atom. The lowest BCUT2D eigenvalue weighted by molar-refractivity contribution is 0.0170. The van der Waals surface area contributed by atoms with Crippen LogP contribution < -0.4 is 20.1 Å². The molecule has 0 saturated carbocycles. The minimum Gasteiger partial charge on any atom is -0.490 e. The average molecular weight is 573 g/mol. The first kappa shape index (κ1) is 24.9. The Balaban J connectivity index is 0.00000289. The Hall–Kier alpha value is -1.75. The second kappa shape index (κ2) is 12.5. The first-order valence-corrected chi connectivity index (χ1v) is 11.1. The number of hydrogen-bond donors (Lipinski definition) is 2. The molecule has 2 aliphatic rings. The summed E-state index contributed by atoms with van der Waals surface area (Å²) in [5, 5.41) is 7.58. The molecule has 0 bridgehead atoms. The molecule has 7 nitrogen and oxygen atoms in total. The molecule has 0 spiro atoms. The van der Waals surface area contributed by atoms with Gasteiger partial charge in [0, 0.05) is 49.9 Å². The lowest BCUT2D eigenvalue weighted by atomic mass is 10.0. The third-order valence-electron chi connectivity index (χ3n) is 5.45. The number of rotatable bonds is 5. The zero-order chi connectivity index (χ0) is 21.5. The van der Waals surface area contributed by atoms with Crippen LogP contribution in [0.15, 0.2) is 47.5 Å². The van der Waals surface area contributed by atoms with Crippen molar-refractivity contribution in [3.63, 3.8) is 0 Å². The van der Waals surface area contributed by atoms with Gasteiger partial charge in [0.25, 0.3) is 0 Å². The molecule has 4 rings (SSSR count). The Morgan fingerprint density at radius 3 is 2.56 bits per heavy atom. The van der Waals surface area contributed by atoms with E-state index in [-0.39, 0.29) is 30.0 Å². The Bertz CT molecular complexity index is 909. The summed E-state index contributed by atoms with van der Waals surface area (Å²) in [5.41, 5.74) is 1.99. The van der Waals surface area contributed by atoms with Crippen molar-refractivity contribution in [1.82, 2.24) is 10.2 Å². The van der Waals surface area contributed by atoms with Gasteiger partial charge in [-0.05, 0) is 23.8 Å². The van der Waals surface area contributed by atoms with Crippen molar-refractivity contribution in [2.45, 2.75) is 12.5 Å². The quantitative estimate of drug-likeness (QED) is 0.318. The molecule has 32 heavy (non-hydrogen) atoms. The van der Waals surface area contributed by atoms with Gasteiger partial charge in [0.15, 0.2) is 17.5 Å². The number of aliphatic imine (C=N–C) groups is 1. The number of fused-ring (bicyclic) bond motifs is 1. The smallest absolute Gasteiger partial charge is 0.195 e. The molecule has 2 aromatic carbocycles. The van der Waals surface area contributed by atoms with E-state index >= 15 is 0 Å². The van der Waals surface area contributed by atoms with E-state index in [1.54, 1.807) is 7.05 Å². The molecule has 174 valence electrons. The molecular weight excluding hydrogens is 543 g/mol. The summed E-state index contributed by atoms with van der Waals surface area (Å²) in [5.74, 6) is 2.21. The van der Waals surface area contributed by atoms with Crippen LogP contribution in [0.5, 0.6) is 11.5 Å². The summed E-state index contributed by atoms with van der Waals surface area (Å²) in [4.78, 5) is 6.79. The van der Waals surface area contributed by atoms with E-state index in [1.165, 1.54) is 0 Å². The summed E-state index contributed by atoms with van der Waals surface area (Å²) < 4.78 is 17.1. The lowest BCUT2D eigenvalue weighted by Crippen LogP contribution is -2.45. The SMILES string of the molecule is CN=C(NCC(c1ccccc1Cl)N1CCOCC1)Nc1ccc2c(c1)OCCCO2.I. The van der Waals surface area contributed by atoms with E-state index in [9.17, 15) is 0 Å². The third-order valence-corrected chi connectivity index (χ3v) is 5.79. The van der Waals surface area contributed by atoms with Crippen LogP contribution in [0.4, 0.5) is 5.69 Å². The number of guanidine groups is 1. The monoisotopic (exact) mass is 572 g/mol. The second-order valence-corrected chi connectivity index (χ2v) is 7.88. The molecule has 0 aromatic heterocycles. The fourth-order valence-electron chi connectivity index (χ4n) is 3.82. The van der Waals surface area contributed by atoms with Crippen LogP contribution in [0.2, 0.25) is 5.02 Å². The zero-order valence-corrected chi connectivity index (χ0v) is 21.3. The van der Waals surface area contributed by atoms with E-state index < -0.39 is 0 Å². The fraction of sp³-hybridized carbons (Fsp3) is 0.435. The van der Waals surface area contributed by atoms with Gasteiger partial charge in [0.2, 0.25) is 0 Å². The summed E-state index contributed by atoms with van der Waals surface area (Å²) in [6.07, 6.45) is 0.881. The number of benzene rings is 2. The van der Waals surface area contributed by atoms with Gasteiger partial charge < -0.3 is 24.8 Å². The molecule has 2 aliphatic heterocycles. The maximum absolute atomic E-state index is 6.54. The molecule has 0 radical (unpaired) electrons. The number of hydrogen-bond acceptors (Lipinski definition) is 5. The zero-order valence-electron chi connectivity index (χ0n) is 18.2. The summed E-state index contributed by atoms with van der Waals surface area (Å²) in [7, 11) is 1.76. The van der Waals surface area contributed by atoms with Gasteiger partial charge >= 0.3 is 0 Å². The number of halogens is 2. The molecular formula is C23H30ClIN4O3. The Labute approximate surface area is 211 Å². The standard InChI is InChI=1S/C23H29ClN4O3.HI/c1-25-23(27-17-7-8-21-22(15-17)31-12-4-11-30-21)26-16-20(28-9-13-29-14-10-28)18-5-2-3-6-19(18)24;/h2-3,5-8,15,20H,4,9-14,16H2,1H3,(H2,25,26,27);1H. The Kier molecular flexibility index (Phi) is 9.70. The minimum atomic E-state index is 0. The van der Waals surface area contributed by atoms with Gasteiger partial charge in [-0.1, -0.05) is 29.8 Å². The van der Waals surface area contributed by atoms with Crippen molar-refractivity contribution in [2.24, 2.45) is 4.99 Å². The molecule has 0 amide bonds. The van der Waals surface area contributed by atoms with Crippen molar-refractivity contribution in [3.8, 4) is 11.5 Å². The van der Waals surface area contributed by atoms with Gasteiger partial charge in [-0.15, -0.1) is 24.0 Å². The molecule has 1 atom stereocenters. The lowest BCUT2D eigenvalue weighted by Gasteiger charge is -2.35. The summed E-state index contributed by atoms with van der Waals surface area (Å²) in [6, 6.07) is 14.0. The highest BCUT2D eigenvalue weighted by atomic mass is 127. The van der Waals surface area contributed by atoms with Crippen LogP contribution in [0.25, 0.3) is 0 Å². The van der Waals surface area contributed by atoms with Crippen LogP contribution in [0.1, 0.15) is 18.0 Å². The molecule has 1 saturated heterocycles. The summed E-state index contributed by atoms with van der Waals surface area (Å²) in [6.45, 7) is 5.18. The van der Waals surface area contributed by atoms with Crippen molar-refractivity contribution >= 4 is 47.2 Å². The normalized spacial score (nSPS) is 17.6. The largest absolute Gasteiger partial charge is 0.490 e. The summed E-state index contributed by atoms with van der Waals surface area (Å²) >= 11 is 6.54. The van der Waals surface area contributed by atoms with Gasteiger partial charge in [-0.2, -0.15) is 0 Å². The predicted octanol–water partition coefficient (Wildman–Crippen LogP) is 4.18. The van der Waals surface area contributed by atoms with Gasteiger partial charge in [-0.25, -0.2) is 0 Å². The average Bonchev–Trinajstić information content (AvgIpc) is 3.05. The number of nitrogens with zero attached hydrogens (tertiary/aromatic N) is 2. The van der Waals surface area contributed by atoms with Crippen LogP contribution in [-0.4, -0.2) is 64.0 Å². The van der Waals surface area contributed by atoms with Crippen LogP contribution >= 0.6 is 35.6 Å². The highest BCUT2D eigenvalue weighted by Gasteiger charge is 2.24. The number of anilines is 1. The van der Waals surface area contributed by atoms with Gasteiger partial charge in [0.05, 0.1) is 32.5 Å². The first-order valence-electron chi connectivity index (χ1n) is 10.7. The predicted molar refractivity (Wildman–Crippen MR) is 139 cm³/mol. The second-order valence-electron chi connectivity index (χ2n) is 7.48. The molecule has 1 fully saturated rings. The number of ether oxygens (including phenoxy) is 3. The van der Waals surface area contributed by atoms with E-state index in [2.05, 4.69) is 26.6 Å². The van der Waals surface area contributed by atoms with Gasteiger partial charge in [0.1, 0.15) is 0 Å². The minimum absolute atomic E-state index is 0. The number of nitrogens with one attached hydrogen (secondary N) is 2. The number of morpholine rings is 1. The first-order chi connectivity index (χ1) is 15.2. The van der Waals surface area contributed by atoms with Crippen molar-refractivity contribution in [2.75, 3.05) is 58.4 Å². The fourth-order valence-corrected chi connectivity index (χ4v) is 4.08. The molecule has 2 N–H and O–H groups in total. The van der Waals surface area contributed by atoms with Crippen molar-refractivity contribution < 1.29 is 14.2 Å². The topological polar surface area (TPSA) is 67.4 Å². The Morgan fingerprint density at radius 1 is 1.06 bits per heavy atom. The maximum Gasteiger partial charge on any atom is 0.195 e. The van der Waals surface area contributed by atoms with E-state index in [4.69, 9.17) is 25.8 Å². The molecule has 1 unspecified atom stereocenters. The van der Waals surface area contributed by atoms with Gasteiger partial charge in [-0.3, -0.25) is 9.89 Å². The third kappa shape index (κ3) is 6.40. The van der Waals surface area contributed by atoms with Crippen molar-refractivity contribution in [1.29, 1.82) is 0 Å². The molecule has 2 heterocycles. The van der Waals surface area contributed by atoms with Crippen LogP contribution in [-0.2, 0) is 4.74 Å². The molecule has 0 aliphatic carbocycles. The highest BCUT2D eigenvalue weighted by molar-refractivity contribution is 14.0. The maximum atomic E-state index is 6.54. The van der Waals surface area contributed by atoms with E-state index in [0.29, 0.717) is 25.7 Å². The highest BCUT2D eigenvalue weighted by Crippen LogP contribution is 2.32. The van der Waals surface area contributed by atoms with Crippen molar-refractivity contribution in [3.05, 3.63) is 53.1 Å². The van der Waals surface area contributed by atoms with E-state index in [0.717, 1.165) is 60.5 Å². The molecule has 2 aromatic rings. The van der Waals surface area contributed by atoms with E-state index in [1.807, 2.05) is 36.4 Å².